The molecule has 116 valence electrons. The number of nitrogens with one attached hydrogen (secondary N) is 2. The van der Waals surface area contributed by atoms with Crippen molar-refractivity contribution in [3.05, 3.63) is 30.1 Å². The SMILES string of the molecule is CCC(SCC(=O)Nc1ccc(F)cc1)C(=O)NCCN. The van der Waals surface area contributed by atoms with Crippen molar-refractivity contribution in [1.29, 1.82) is 0 Å². The molecule has 0 saturated carbocycles. The monoisotopic (exact) mass is 313 g/mol. The number of halogens is 1. The van der Waals surface area contributed by atoms with Crippen molar-refractivity contribution in [2.24, 2.45) is 5.73 Å². The smallest absolute Gasteiger partial charge is 0.234 e. The molecule has 0 aromatic heterocycles. The molecule has 0 aliphatic carbocycles. The third-order valence-electron chi connectivity index (χ3n) is 2.65. The summed E-state index contributed by atoms with van der Waals surface area (Å²) in [5, 5.41) is 5.08. The molecular formula is C14H20FN3O2S. The molecule has 0 saturated heterocycles. The third kappa shape index (κ3) is 6.59. The van der Waals surface area contributed by atoms with Gasteiger partial charge in [-0.1, -0.05) is 6.92 Å². The molecule has 0 aliphatic heterocycles. The van der Waals surface area contributed by atoms with E-state index < -0.39 is 0 Å². The Bertz CT molecular complexity index is 468. The Hall–Kier alpha value is -1.60. The number of amides is 2. The molecule has 5 nitrogen and oxygen atoms in total. The van der Waals surface area contributed by atoms with E-state index in [1.165, 1.54) is 36.0 Å². The summed E-state index contributed by atoms with van der Waals surface area (Å²) in [6, 6.07) is 5.53. The van der Waals surface area contributed by atoms with Gasteiger partial charge in [0.15, 0.2) is 0 Å². The van der Waals surface area contributed by atoms with Crippen molar-refractivity contribution in [2.75, 3.05) is 24.2 Å². The van der Waals surface area contributed by atoms with Gasteiger partial charge in [0.25, 0.3) is 0 Å². The largest absolute Gasteiger partial charge is 0.354 e. The predicted molar refractivity (Wildman–Crippen MR) is 83.6 cm³/mol. The number of rotatable bonds is 8. The van der Waals surface area contributed by atoms with Gasteiger partial charge in [-0.05, 0) is 30.7 Å². The van der Waals surface area contributed by atoms with Gasteiger partial charge >= 0.3 is 0 Å². The van der Waals surface area contributed by atoms with Crippen molar-refractivity contribution in [3.63, 3.8) is 0 Å². The standard InChI is InChI=1S/C14H20FN3O2S/c1-2-12(14(20)17-8-7-16)21-9-13(19)18-11-5-3-10(15)4-6-11/h3-6,12H,2,7-9,16H2,1H3,(H,17,20)(H,18,19). The molecule has 0 aliphatic rings. The highest BCUT2D eigenvalue weighted by atomic mass is 32.2. The third-order valence-corrected chi connectivity index (χ3v) is 4.03. The Labute approximate surface area is 127 Å². The lowest BCUT2D eigenvalue weighted by molar-refractivity contribution is -0.120. The highest BCUT2D eigenvalue weighted by Gasteiger charge is 2.17. The van der Waals surface area contributed by atoms with Crippen molar-refractivity contribution in [3.8, 4) is 0 Å². The van der Waals surface area contributed by atoms with Crippen LogP contribution in [0.3, 0.4) is 0 Å². The first-order valence-corrected chi connectivity index (χ1v) is 7.76. The summed E-state index contributed by atoms with van der Waals surface area (Å²) in [5.41, 5.74) is 5.86. The van der Waals surface area contributed by atoms with Gasteiger partial charge < -0.3 is 16.4 Å². The van der Waals surface area contributed by atoms with Crippen LogP contribution in [0.5, 0.6) is 0 Å². The molecule has 1 atom stereocenters. The zero-order chi connectivity index (χ0) is 15.7. The number of carbonyl (C=O) groups is 2. The van der Waals surface area contributed by atoms with Crippen LogP contribution >= 0.6 is 11.8 Å². The van der Waals surface area contributed by atoms with Gasteiger partial charge in [0.05, 0.1) is 11.0 Å². The molecule has 0 heterocycles. The highest BCUT2D eigenvalue weighted by molar-refractivity contribution is 8.01. The lowest BCUT2D eigenvalue weighted by Crippen LogP contribution is -2.36. The Kier molecular flexibility index (Phi) is 7.78. The van der Waals surface area contributed by atoms with Crippen LogP contribution in [0.25, 0.3) is 0 Å². The van der Waals surface area contributed by atoms with Gasteiger partial charge in [-0.25, -0.2) is 4.39 Å². The molecule has 21 heavy (non-hydrogen) atoms. The van der Waals surface area contributed by atoms with Gasteiger partial charge in [0.1, 0.15) is 5.82 Å². The summed E-state index contributed by atoms with van der Waals surface area (Å²) < 4.78 is 12.7. The molecule has 1 rings (SSSR count). The Morgan fingerprint density at radius 1 is 1.33 bits per heavy atom. The molecule has 7 heteroatoms. The van der Waals surface area contributed by atoms with E-state index in [1.54, 1.807) is 0 Å². The molecule has 0 radical (unpaired) electrons. The second-order valence-corrected chi connectivity index (χ2v) is 5.53. The molecule has 1 aromatic rings. The first kappa shape index (κ1) is 17.5. The van der Waals surface area contributed by atoms with Crippen molar-refractivity contribution in [2.45, 2.75) is 18.6 Å². The Morgan fingerprint density at radius 3 is 2.57 bits per heavy atom. The van der Waals surface area contributed by atoms with Crippen LogP contribution in [0.2, 0.25) is 0 Å². The maximum atomic E-state index is 12.7. The Morgan fingerprint density at radius 2 is 2.00 bits per heavy atom. The van der Waals surface area contributed by atoms with Gasteiger partial charge in [0.2, 0.25) is 11.8 Å². The minimum absolute atomic E-state index is 0.109. The molecule has 0 bridgehead atoms. The average Bonchev–Trinajstić information content (AvgIpc) is 2.48. The number of carbonyl (C=O) groups excluding carboxylic acids is 2. The summed E-state index contributed by atoms with van der Waals surface area (Å²) >= 11 is 1.27. The van der Waals surface area contributed by atoms with E-state index >= 15 is 0 Å². The van der Waals surface area contributed by atoms with Crippen molar-refractivity contribution in [1.82, 2.24) is 5.32 Å². The predicted octanol–water partition coefficient (Wildman–Crippen LogP) is 1.35. The molecule has 1 unspecified atom stereocenters. The number of thioether (sulfide) groups is 1. The molecule has 1 aromatic carbocycles. The second-order valence-electron chi connectivity index (χ2n) is 4.34. The quantitative estimate of drug-likeness (QED) is 0.676. The fourth-order valence-corrected chi connectivity index (χ4v) is 2.49. The van der Waals surface area contributed by atoms with E-state index in [4.69, 9.17) is 5.73 Å². The minimum atomic E-state index is -0.356. The molecule has 0 spiro atoms. The number of anilines is 1. The van der Waals surface area contributed by atoms with Gasteiger partial charge in [-0.3, -0.25) is 9.59 Å². The minimum Gasteiger partial charge on any atom is -0.354 e. The van der Waals surface area contributed by atoms with Crippen LogP contribution in [-0.4, -0.2) is 35.9 Å². The van der Waals surface area contributed by atoms with Crippen LogP contribution in [0, 0.1) is 5.82 Å². The van der Waals surface area contributed by atoms with Gasteiger partial charge in [0, 0.05) is 18.8 Å². The molecular weight excluding hydrogens is 293 g/mol. The van der Waals surface area contributed by atoms with Crippen LogP contribution in [0.1, 0.15) is 13.3 Å². The second kappa shape index (κ2) is 9.36. The summed E-state index contributed by atoms with van der Waals surface area (Å²) in [4.78, 5) is 23.6. The number of hydrogen-bond acceptors (Lipinski definition) is 4. The van der Waals surface area contributed by atoms with Crippen LogP contribution in [0.4, 0.5) is 10.1 Å². The van der Waals surface area contributed by atoms with E-state index in [-0.39, 0.29) is 28.6 Å². The Balaban J connectivity index is 2.39. The van der Waals surface area contributed by atoms with E-state index in [0.29, 0.717) is 25.2 Å². The van der Waals surface area contributed by atoms with E-state index in [2.05, 4.69) is 10.6 Å². The summed E-state index contributed by atoms with van der Waals surface area (Å²) in [6.45, 7) is 2.70. The first-order chi connectivity index (χ1) is 10.1. The lowest BCUT2D eigenvalue weighted by Gasteiger charge is -2.14. The maximum absolute atomic E-state index is 12.7. The van der Waals surface area contributed by atoms with Crippen LogP contribution in [-0.2, 0) is 9.59 Å². The number of benzene rings is 1. The van der Waals surface area contributed by atoms with E-state index in [9.17, 15) is 14.0 Å². The summed E-state index contributed by atoms with van der Waals surface area (Å²) in [5.74, 6) is -0.532. The fourth-order valence-electron chi connectivity index (χ4n) is 1.59. The fraction of sp³-hybridized carbons (Fsp3) is 0.429. The van der Waals surface area contributed by atoms with Gasteiger partial charge in [-0.15, -0.1) is 11.8 Å². The molecule has 2 amide bonds. The first-order valence-electron chi connectivity index (χ1n) is 6.71. The zero-order valence-corrected chi connectivity index (χ0v) is 12.7. The van der Waals surface area contributed by atoms with Crippen molar-refractivity contribution < 1.29 is 14.0 Å². The lowest BCUT2D eigenvalue weighted by atomic mass is 10.3. The van der Waals surface area contributed by atoms with Crippen LogP contribution in [0.15, 0.2) is 24.3 Å². The maximum Gasteiger partial charge on any atom is 0.234 e. The van der Waals surface area contributed by atoms with Crippen LogP contribution < -0.4 is 16.4 Å². The number of hydrogen-bond donors (Lipinski definition) is 3. The van der Waals surface area contributed by atoms with Gasteiger partial charge in [-0.2, -0.15) is 0 Å². The van der Waals surface area contributed by atoms with E-state index in [0.717, 1.165) is 0 Å². The van der Waals surface area contributed by atoms with Crippen molar-refractivity contribution >= 4 is 29.3 Å². The molecule has 4 N–H and O–H groups in total. The summed E-state index contributed by atoms with van der Waals surface area (Å²) in [6.07, 6.45) is 0.630. The average molecular weight is 313 g/mol. The number of nitrogens with two attached hydrogens (primary N) is 1. The highest BCUT2D eigenvalue weighted by Crippen LogP contribution is 2.16. The molecule has 0 fully saturated rings. The van der Waals surface area contributed by atoms with E-state index in [1.807, 2.05) is 6.92 Å². The topological polar surface area (TPSA) is 84.2 Å². The normalized spacial score (nSPS) is 11.8. The summed E-state index contributed by atoms with van der Waals surface area (Å²) in [7, 11) is 0. The zero-order valence-electron chi connectivity index (χ0n) is 11.9.